The number of hydrogen-bond donors (Lipinski definition) is 1. The summed E-state index contributed by atoms with van der Waals surface area (Å²) >= 11 is 0. The Morgan fingerprint density at radius 2 is 1.60 bits per heavy atom. The van der Waals surface area contributed by atoms with Crippen molar-refractivity contribution in [3.8, 4) is 0 Å². The zero-order valence-corrected chi connectivity index (χ0v) is 14.4. The standard InChI is InChI=1S/C19H22N4O2/c1-21-7-9-22(10-8-21)11-12-23-18(24)14-4-2-3-13-16(20)6-5-15(17(13)14)19(23)25/h2-6H,7-12,20H2,1H3. The van der Waals surface area contributed by atoms with Gasteiger partial charge in [0.05, 0.1) is 0 Å². The molecule has 2 aromatic rings. The van der Waals surface area contributed by atoms with Crippen LogP contribution >= 0.6 is 0 Å². The first-order valence-electron chi connectivity index (χ1n) is 8.64. The summed E-state index contributed by atoms with van der Waals surface area (Å²) in [5.74, 6) is -0.439. The van der Waals surface area contributed by atoms with Gasteiger partial charge in [-0.15, -0.1) is 0 Å². The number of likely N-dealkylation sites (N-methyl/N-ethyl adjacent to an activating group) is 1. The number of nitrogens with zero attached hydrogens (tertiary/aromatic N) is 3. The van der Waals surface area contributed by atoms with E-state index in [1.807, 2.05) is 12.1 Å². The fourth-order valence-electron chi connectivity index (χ4n) is 3.68. The minimum Gasteiger partial charge on any atom is -0.398 e. The SMILES string of the molecule is CN1CCN(CCN2C(=O)c3cccc4c(N)ccc(c34)C2=O)CC1. The van der Waals surface area contributed by atoms with Crippen LogP contribution in [0.25, 0.3) is 10.8 Å². The molecule has 4 rings (SSSR count). The zero-order chi connectivity index (χ0) is 17.6. The van der Waals surface area contributed by atoms with Gasteiger partial charge in [-0.1, -0.05) is 12.1 Å². The van der Waals surface area contributed by atoms with Crippen LogP contribution in [0.2, 0.25) is 0 Å². The molecule has 2 amide bonds. The molecule has 2 aliphatic rings. The van der Waals surface area contributed by atoms with E-state index in [0.717, 1.165) is 31.6 Å². The van der Waals surface area contributed by atoms with Crippen molar-refractivity contribution < 1.29 is 9.59 Å². The molecule has 0 atom stereocenters. The topological polar surface area (TPSA) is 69.9 Å². The minimum atomic E-state index is -0.220. The first-order valence-corrected chi connectivity index (χ1v) is 8.64. The molecule has 2 aromatic carbocycles. The Bertz CT molecular complexity index is 834. The van der Waals surface area contributed by atoms with Gasteiger partial charge in [0, 0.05) is 66.9 Å². The van der Waals surface area contributed by atoms with Gasteiger partial charge in [-0.2, -0.15) is 0 Å². The highest BCUT2D eigenvalue weighted by molar-refractivity contribution is 6.26. The van der Waals surface area contributed by atoms with Crippen molar-refractivity contribution in [2.24, 2.45) is 0 Å². The molecule has 1 saturated heterocycles. The summed E-state index contributed by atoms with van der Waals surface area (Å²) in [6, 6.07) is 8.94. The summed E-state index contributed by atoms with van der Waals surface area (Å²) in [6.45, 7) is 5.10. The van der Waals surface area contributed by atoms with Crippen LogP contribution in [0.4, 0.5) is 5.69 Å². The fourth-order valence-corrected chi connectivity index (χ4v) is 3.68. The number of piperazine rings is 1. The Labute approximate surface area is 146 Å². The molecule has 1 fully saturated rings. The summed E-state index contributed by atoms with van der Waals surface area (Å²) < 4.78 is 0. The van der Waals surface area contributed by atoms with Crippen molar-refractivity contribution in [2.75, 3.05) is 52.0 Å². The van der Waals surface area contributed by atoms with Gasteiger partial charge in [0.2, 0.25) is 0 Å². The van der Waals surface area contributed by atoms with Crippen LogP contribution in [0.15, 0.2) is 30.3 Å². The highest BCUT2D eigenvalue weighted by Gasteiger charge is 2.33. The number of nitrogen functional groups attached to an aromatic ring is 1. The van der Waals surface area contributed by atoms with Crippen LogP contribution in [0.3, 0.4) is 0 Å². The number of hydrogen-bond acceptors (Lipinski definition) is 5. The van der Waals surface area contributed by atoms with E-state index in [9.17, 15) is 9.59 Å². The maximum absolute atomic E-state index is 12.9. The highest BCUT2D eigenvalue weighted by Crippen LogP contribution is 2.33. The fraction of sp³-hybridized carbons (Fsp3) is 0.368. The van der Waals surface area contributed by atoms with Gasteiger partial charge >= 0.3 is 0 Å². The molecule has 0 aromatic heterocycles. The van der Waals surface area contributed by atoms with Crippen molar-refractivity contribution in [1.29, 1.82) is 0 Å². The van der Waals surface area contributed by atoms with E-state index in [2.05, 4.69) is 16.8 Å². The third-order valence-corrected chi connectivity index (χ3v) is 5.26. The van der Waals surface area contributed by atoms with Crippen molar-refractivity contribution in [3.05, 3.63) is 41.5 Å². The van der Waals surface area contributed by atoms with Crippen molar-refractivity contribution in [3.63, 3.8) is 0 Å². The quantitative estimate of drug-likeness (QED) is 0.674. The van der Waals surface area contributed by atoms with E-state index in [0.29, 0.717) is 35.3 Å². The summed E-state index contributed by atoms with van der Waals surface area (Å²) in [5, 5.41) is 1.46. The average Bonchev–Trinajstić information content (AvgIpc) is 2.62. The molecule has 0 aliphatic carbocycles. The maximum Gasteiger partial charge on any atom is 0.261 e. The van der Waals surface area contributed by atoms with Crippen LogP contribution in [-0.2, 0) is 0 Å². The molecule has 25 heavy (non-hydrogen) atoms. The molecule has 0 radical (unpaired) electrons. The lowest BCUT2D eigenvalue weighted by Crippen LogP contribution is -2.49. The Morgan fingerprint density at radius 1 is 0.920 bits per heavy atom. The first kappa shape index (κ1) is 16.1. The monoisotopic (exact) mass is 338 g/mol. The van der Waals surface area contributed by atoms with E-state index in [1.165, 1.54) is 4.90 Å². The lowest BCUT2D eigenvalue weighted by Gasteiger charge is -2.34. The van der Waals surface area contributed by atoms with Gasteiger partial charge in [0.25, 0.3) is 11.8 Å². The van der Waals surface area contributed by atoms with Gasteiger partial charge < -0.3 is 10.6 Å². The number of benzene rings is 2. The Morgan fingerprint density at radius 3 is 2.32 bits per heavy atom. The van der Waals surface area contributed by atoms with E-state index < -0.39 is 0 Å². The largest absolute Gasteiger partial charge is 0.398 e. The third kappa shape index (κ3) is 2.67. The second-order valence-electron chi connectivity index (χ2n) is 6.84. The number of anilines is 1. The lowest BCUT2D eigenvalue weighted by molar-refractivity contribution is 0.0578. The van der Waals surface area contributed by atoms with Gasteiger partial charge in [0.15, 0.2) is 0 Å². The first-order chi connectivity index (χ1) is 12.1. The molecule has 6 heteroatoms. The zero-order valence-electron chi connectivity index (χ0n) is 14.4. The normalized spacial score (nSPS) is 19.0. The molecule has 130 valence electrons. The van der Waals surface area contributed by atoms with E-state index in [1.54, 1.807) is 18.2 Å². The van der Waals surface area contributed by atoms with Crippen molar-refractivity contribution in [1.82, 2.24) is 14.7 Å². The Kier molecular flexibility index (Phi) is 3.94. The minimum absolute atomic E-state index is 0.220. The number of rotatable bonds is 3. The predicted octanol–water partition coefficient (Wildman–Crippen LogP) is 1.27. The molecule has 0 spiro atoms. The number of imide groups is 1. The third-order valence-electron chi connectivity index (χ3n) is 5.26. The van der Waals surface area contributed by atoms with Crippen LogP contribution in [0.5, 0.6) is 0 Å². The van der Waals surface area contributed by atoms with Crippen LogP contribution in [0, 0.1) is 0 Å². The van der Waals surface area contributed by atoms with E-state index >= 15 is 0 Å². The molecule has 0 bridgehead atoms. The smallest absolute Gasteiger partial charge is 0.261 e. The molecule has 0 unspecified atom stereocenters. The molecule has 6 nitrogen and oxygen atoms in total. The maximum atomic E-state index is 12.9. The predicted molar refractivity (Wildman–Crippen MR) is 97.7 cm³/mol. The molecular formula is C19H22N4O2. The summed E-state index contributed by atoms with van der Waals surface area (Å²) in [4.78, 5) is 31.7. The molecule has 2 heterocycles. The van der Waals surface area contributed by atoms with Crippen molar-refractivity contribution >= 4 is 28.3 Å². The molecule has 2 aliphatic heterocycles. The lowest BCUT2D eigenvalue weighted by atomic mass is 9.93. The van der Waals surface area contributed by atoms with Crippen LogP contribution < -0.4 is 5.73 Å². The molecule has 0 saturated carbocycles. The number of amides is 2. The summed E-state index contributed by atoms with van der Waals surface area (Å²) in [6.07, 6.45) is 0. The molecule has 2 N–H and O–H groups in total. The number of carbonyl (C=O) groups is 2. The van der Waals surface area contributed by atoms with Gasteiger partial charge in [-0.25, -0.2) is 0 Å². The number of nitrogens with two attached hydrogens (primary N) is 1. The summed E-state index contributed by atoms with van der Waals surface area (Å²) in [7, 11) is 2.11. The van der Waals surface area contributed by atoms with Gasteiger partial charge in [0.1, 0.15) is 0 Å². The Balaban J connectivity index is 1.61. The second kappa shape index (κ2) is 6.13. The molecular weight excluding hydrogens is 316 g/mol. The van der Waals surface area contributed by atoms with Gasteiger partial charge in [-0.3, -0.25) is 19.4 Å². The van der Waals surface area contributed by atoms with Crippen LogP contribution in [-0.4, -0.2) is 72.8 Å². The van der Waals surface area contributed by atoms with Gasteiger partial charge in [-0.05, 0) is 25.2 Å². The average molecular weight is 338 g/mol. The van der Waals surface area contributed by atoms with Crippen LogP contribution in [0.1, 0.15) is 20.7 Å². The van der Waals surface area contributed by atoms with E-state index in [4.69, 9.17) is 5.73 Å². The highest BCUT2D eigenvalue weighted by atomic mass is 16.2. The second-order valence-corrected chi connectivity index (χ2v) is 6.84. The van der Waals surface area contributed by atoms with Crippen molar-refractivity contribution in [2.45, 2.75) is 0 Å². The summed E-state index contributed by atoms with van der Waals surface area (Å²) in [5.41, 5.74) is 7.74. The Hall–Kier alpha value is -2.44. The number of carbonyl (C=O) groups excluding carboxylic acids is 2. The van der Waals surface area contributed by atoms with E-state index in [-0.39, 0.29) is 11.8 Å².